The second-order valence-corrected chi connectivity index (χ2v) is 7.67. The van der Waals surface area contributed by atoms with Gasteiger partial charge >= 0.3 is 0 Å². The van der Waals surface area contributed by atoms with Gasteiger partial charge in [0.1, 0.15) is 6.10 Å². The van der Waals surface area contributed by atoms with Gasteiger partial charge in [0.05, 0.1) is 24.9 Å². The average Bonchev–Trinajstić information content (AvgIpc) is 3.05. The Morgan fingerprint density at radius 1 is 1.09 bits per heavy atom. The van der Waals surface area contributed by atoms with Gasteiger partial charge in [0, 0.05) is 12.5 Å². The van der Waals surface area contributed by atoms with Crippen LogP contribution in [0, 0.1) is 5.92 Å². The Kier molecular flexibility index (Phi) is 4.87. The van der Waals surface area contributed by atoms with Gasteiger partial charge in [-0.05, 0) is 47.0 Å². The van der Waals surface area contributed by atoms with E-state index in [1.165, 1.54) is 0 Å². The molecular weight excluding hydrogens is 296 g/mol. The minimum absolute atomic E-state index is 0.00547. The monoisotopic (exact) mass is 326 g/mol. The summed E-state index contributed by atoms with van der Waals surface area (Å²) in [6.07, 6.45) is 4.84. The Bertz CT molecular complexity index is 433. The van der Waals surface area contributed by atoms with E-state index in [1.54, 1.807) is 0 Å². The van der Waals surface area contributed by atoms with E-state index < -0.39 is 11.6 Å². The summed E-state index contributed by atoms with van der Waals surface area (Å²) in [4.78, 5) is 0. The maximum Gasteiger partial charge on any atom is 0.163 e. The fourth-order valence-electron chi connectivity index (χ4n) is 3.93. The standard InChI is InChI=1S/C18H30O5/c1-6-7-8-9-19-15-12(14-11-20-17(2,3)22-14)10-13-16(15)23-18(4,5)21-13/h6,12-16H,1,7-11H2,2-5H3/t12-,13+,14-,15+,16+/m0/s1. The molecular formula is C18H30O5. The van der Waals surface area contributed by atoms with E-state index in [0.717, 1.165) is 19.3 Å². The number of hydrogen-bond donors (Lipinski definition) is 0. The highest BCUT2D eigenvalue weighted by molar-refractivity contribution is 5.02. The molecule has 1 aliphatic carbocycles. The predicted octanol–water partition coefficient (Wildman–Crippen LogP) is 3.03. The lowest BCUT2D eigenvalue weighted by Crippen LogP contribution is -2.40. The molecule has 2 saturated heterocycles. The van der Waals surface area contributed by atoms with Gasteiger partial charge in [-0.1, -0.05) is 6.08 Å². The van der Waals surface area contributed by atoms with Gasteiger partial charge < -0.3 is 23.7 Å². The molecule has 0 unspecified atom stereocenters. The van der Waals surface area contributed by atoms with Crippen molar-refractivity contribution in [2.45, 2.75) is 82.9 Å². The van der Waals surface area contributed by atoms with Gasteiger partial charge in [0.2, 0.25) is 0 Å². The van der Waals surface area contributed by atoms with Crippen LogP contribution in [0.5, 0.6) is 0 Å². The molecule has 3 fully saturated rings. The SMILES string of the molecule is C=CCCCO[C@@H]1[C@H]([C@@H]2COC(C)(C)O2)C[C@H]2OC(C)(C)O[C@@H]12. The zero-order valence-electron chi connectivity index (χ0n) is 14.7. The number of unbranched alkanes of at least 4 members (excludes halogenated alkanes) is 1. The van der Waals surface area contributed by atoms with Crippen LogP contribution < -0.4 is 0 Å². The van der Waals surface area contributed by atoms with Crippen molar-refractivity contribution >= 4 is 0 Å². The molecule has 1 saturated carbocycles. The summed E-state index contributed by atoms with van der Waals surface area (Å²) in [5.74, 6) is -0.807. The van der Waals surface area contributed by atoms with Crippen molar-refractivity contribution in [3.05, 3.63) is 12.7 Å². The highest BCUT2D eigenvalue weighted by Gasteiger charge is 2.57. The van der Waals surface area contributed by atoms with Gasteiger partial charge in [-0.3, -0.25) is 0 Å². The predicted molar refractivity (Wildman–Crippen MR) is 86.0 cm³/mol. The smallest absolute Gasteiger partial charge is 0.163 e. The first kappa shape index (κ1) is 17.4. The van der Waals surface area contributed by atoms with E-state index in [9.17, 15) is 0 Å². The van der Waals surface area contributed by atoms with Crippen molar-refractivity contribution < 1.29 is 23.7 Å². The van der Waals surface area contributed by atoms with Crippen LogP contribution in [0.4, 0.5) is 0 Å². The molecule has 0 N–H and O–H groups in total. The number of fused-ring (bicyclic) bond motifs is 1. The molecule has 0 radical (unpaired) electrons. The zero-order valence-corrected chi connectivity index (χ0v) is 14.7. The normalized spacial score (nSPS) is 41.1. The largest absolute Gasteiger partial charge is 0.375 e. The molecule has 5 heteroatoms. The molecule has 0 amide bonds. The van der Waals surface area contributed by atoms with Crippen molar-refractivity contribution in [3.8, 4) is 0 Å². The van der Waals surface area contributed by atoms with Gasteiger partial charge in [-0.2, -0.15) is 0 Å². The van der Waals surface area contributed by atoms with Crippen molar-refractivity contribution in [1.82, 2.24) is 0 Å². The molecule has 5 atom stereocenters. The number of ether oxygens (including phenoxy) is 5. The van der Waals surface area contributed by atoms with Crippen molar-refractivity contribution in [3.63, 3.8) is 0 Å². The van der Waals surface area contributed by atoms with Crippen LogP contribution in [0.2, 0.25) is 0 Å². The second-order valence-electron chi connectivity index (χ2n) is 7.67. The van der Waals surface area contributed by atoms with E-state index in [1.807, 2.05) is 33.8 Å². The first-order valence-corrected chi connectivity index (χ1v) is 8.71. The number of rotatable bonds is 6. The van der Waals surface area contributed by atoms with Gasteiger partial charge in [0.15, 0.2) is 11.6 Å². The first-order valence-electron chi connectivity index (χ1n) is 8.71. The van der Waals surface area contributed by atoms with Crippen molar-refractivity contribution in [1.29, 1.82) is 0 Å². The third-order valence-corrected chi connectivity index (χ3v) is 4.84. The highest BCUT2D eigenvalue weighted by Crippen LogP contribution is 2.46. The lowest BCUT2D eigenvalue weighted by Gasteiger charge is -2.30. The van der Waals surface area contributed by atoms with Gasteiger partial charge in [0.25, 0.3) is 0 Å². The zero-order chi connectivity index (χ0) is 16.7. The molecule has 2 aliphatic heterocycles. The van der Waals surface area contributed by atoms with E-state index in [0.29, 0.717) is 13.2 Å². The third kappa shape index (κ3) is 3.80. The summed E-state index contributed by atoms with van der Waals surface area (Å²) in [5, 5.41) is 0. The summed E-state index contributed by atoms with van der Waals surface area (Å²) in [6.45, 7) is 12.9. The molecule has 2 heterocycles. The maximum absolute atomic E-state index is 6.22. The summed E-state index contributed by atoms with van der Waals surface area (Å²) in [6, 6.07) is 0. The third-order valence-electron chi connectivity index (χ3n) is 4.84. The van der Waals surface area contributed by atoms with Crippen molar-refractivity contribution in [2.24, 2.45) is 5.92 Å². The summed E-state index contributed by atoms with van der Waals surface area (Å²) >= 11 is 0. The Morgan fingerprint density at radius 2 is 1.83 bits per heavy atom. The Labute approximate surface area is 139 Å². The Balaban J connectivity index is 1.67. The average molecular weight is 326 g/mol. The summed E-state index contributed by atoms with van der Waals surface area (Å²) in [7, 11) is 0. The Morgan fingerprint density at radius 3 is 2.48 bits per heavy atom. The van der Waals surface area contributed by atoms with Crippen LogP contribution in [0.1, 0.15) is 47.0 Å². The topological polar surface area (TPSA) is 46.2 Å². The van der Waals surface area contributed by atoms with Crippen LogP contribution in [0.25, 0.3) is 0 Å². The van der Waals surface area contributed by atoms with E-state index in [4.69, 9.17) is 23.7 Å². The molecule has 132 valence electrons. The number of hydrogen-bond acceptors (Lipinski definition) is 5. The van der Waals surface area contributed by atoms with Gasteiger partial charge in [-0.25, -0.2) is 0 Å². The second kappa shape index (κ2) is 6.45. The van der Waals surface area contributed by atoms with Crippen LogP contribution >= 0.6 is 0 Å². The minimum Gasteiger partial charge on any atom is -0.375 e. The quantitative estimate of drug-likeness (QED) is 0.554. The summed E-state index contributed by atoms with van der Waals surface area (Å²) in [5.41, 5.74) is 0. The van der Waals surface area contributed by atoms with E-state index >= 15 is 0 Å². The lowest BCUT2D eigenvalue weighted by molar-refractivity contribution is -0.187. The molecule has 0 aromatic rings. The molecule has 5 nitrogen and oxygen atoms in total. The summed E-state index contributed by atoms with van der Waals surface area (Å²) < 4.78 is 30.2. The highest BCUT2D eigenvalue weighted by atomic mass is 16.8. The van der Waals surface area contributed by atoms with Crippen molar-refractivity contribution in [2.75, 3.05) is 13.2 Å². The maximum atomic E-state index is 6.22. The lowest BCUT2D eigenvalue weighted by atomic mass is 9.98. The van der Waals surface area contributed by atoms with E-state index in [-0.39, 0.29) is 30.3 Å². The van der Waals surface area contributed by atoms with Crippen LogP contribution in [-0.4, -0.2) is 49.2 Å². The van der Waals surface area contributed by atoms with Crippen LogP contribution in [-0.2, 0) is 23.7 Å². The molecule has 0 aromatic carbocycles. The van der Waals surface area contributed by atoms with Crippen LogP contribution in [0.3, 0.4) is 0 Å². The van der Waals surface area contributed by atoms with Gasteiger partial charge in [-0.15, -0.1) is 6.58 Å². The van der Waals surface area contributed by atoms with E-state index in [2.05, 4.69) is 6.58 Å². The first-order chi connectivity index (χ1) is 10.8. The molecule has 3 aliphatic rings. The minimum atomic E-state index is -0.532. The molecule has 23 heavy (non-hydrogen) atoms. The molecule has 0 aromatic heterocycles. The molecule has 0 spiro atoms. The van der Waals surface area contributed by atoms with Crippen LogP contribution in [0.15, 0.2) is 12.7 Å². The Hall–Kier alpha value is -0.460. The fourth-order valence-corrected chi connectivity index (χ4v) is 3.93. The fraction of sp³-hybridized carbons (Fsp3) is 0.889. The number of allylic oxidation sites excluding steroid dienone is 1. The molecule has 0 bridgehead atoms. The molecule has 3 rings (SSSR count).